The van der Waals surface area contributed by atoms with E-state index in [4.69, 9.17) is 5.73 Å². The number of urea groups is 1. The van der Waals surface area contributed by atoms with Crippen LogP contribution in [0.4, 0.5) is 26.5 Å². The van der Waals surface area contributed by atoms with Gasteiger partial charge in [-0.15, -0.1) is 0 Å². The average molecular weight is 361 g/mol. The number of halogens is 1. The van der Waals surface area contributed by atoms with E-state index in [2.05, 4.69) is 32.4 Å². The monoisotopic (exact) mass is 361 g/mol. The Morgan fingerprint density at radius 3 is 2.41 bits per heavy atom. The van der Waals surface area contributed by atoms with Gasteiger partial charge >= 0.3 is 6.03 Å². The molecule has 1 aromatic heterocycles. The summed E-state index contributed by atoms with van der Waals surface area (Å²) in [5.41, 5.74) is 8.77. The van der Waals surface area contributed by atoms with Gasteiger partial charge in [0.15, 0.2) is 0 Å². The summed E-state index contributed by atoms with van der Waals surface area (Å²) in [6, 6.07) is 10.6. The van der Waals surface area contributed by atoms with Crippen LogP contribution < -0.4 is 16.4 Å². The summed E-state index contributed by atoms with van der Waals surface area (Å²) in [4.78, 5) is 19.8. The van der Waals surface area contributed by atoms with Crippen LogP contribution in [0.1, 0.15) is 16.7 Å². The molecule has 0 aliphatic rings. The molecule has 6 nitrogen and oxygen atoms in total. The number of nitrogen functional groups attached to an aromatic ring is 1. The van der Waals surface area contributed by atoms with E-state index < -0.39 is 11.8 Å². The number of nitrogens with two attached hydrogens (primary N) is 1. The largest absolute Gasteiger partial charge is 0.368 e. The number of carbonyl (C=O) groups is 1. The fraction of sp³-hybridized carbons (Fsp3) is 0.0500. The molecular formula is C20H16FN5O. The Hall–Kier alpha value is -3.92. The Kier molecular flexibility index (Phi) is 5.28. The van der Waals surface area contributed by atoms with Crippen molar-refractivity contribution in [1.82, 2.24) is 9.97 Å². The zero-order chi connectivity index (χ0) is 19.2. The molecule has 0 unspecified atom stereocenters. The number of aromatic nitrogens is 2. The Balaban J connectivity index is 1.67. The highest BCUT2D eigenvalue weighted by Gasteiger charge is 2.05. The molecule has 7 heteroatoms. The molecule has 4 N–H and O–H groups in total. The highest BCUT2D eigenvalue weighted by molar-refractivity contribution is 5.99. The first-order valence-electron chi connectivity index (χ1n) is 8.03. The quantitative estimate of drug-likeness (QED) is 0.609. The van der Waals surface area contributed by atoms with Gasteiger partial charge < -0.3 is 16.4 Å². The summed E-state index contributed by atoms with van der Waals surface area (Å²) in [5.74, 6) is 5.78. The zero-order valence-electron chi connectivity index (χ0n) is 14.5. The molecule has 3 aromatic rings. The lowest BCUT2D eigenvalue weighted by atomic mass is 10.1. The van der Waals surface area contributed by atoms with Gasteiger partial charge in [0.25, 0.3) is 0 Å². The van der Waals surface area contributed by atoms with Crippen molar-refractivity contribution in [2.75, 3.05) is 16.4 Å². The first kappa shape index (κ1) is 17.9. The molecule has 3 rings (SSSR count). The maximum absolute atomic E-state index is 13.2. The molecule has 1 heterocycles. The third-order valence-corrected chi connectivity index (χ3v) is 3.58. The van der Waals surface area contributed by atoms with E-state index in [1.54, 1.807) is 36.7 Å². The molecule has 134 valence electrons. The number of amides is 2. The third-order valence-electron chi connectivity index (χ3n) is 3.58. The van der Waals surface area contributed by atoms with Crippen molar-refractivity contribution in [3.05, 3.63) is 77.4 Å². The molecule has 0 fully saturated rings. The van der Waals surface area contributed by atoms with E-state index in [-0.39, 0.29) is 5.95 Å². The molecule has 2 amide bonds. The SMILES string of the molecule is Cc1cc(NC(=O)Nc2cccc(F)c2)ccc1C#Cc1cnc(N)nc1. The lowest BCUT2D eigenvalue weighted by Crippen LogP contribution is -2.19. The van der Waals surface area contributed by atoms with Gasteiger partial charge in [0.05, 0.1) is 5.56 Å². The van der Waals surface area contributed by atoms with Crippen LogP contribution in [0, 0.1) is 24.6 Å². The number of hydrogen-bond acceptors (Lipinski definition) is 4. The molecule has 0 spiro atoms. The second-order valence-corrected chi connectivity index (χ2v) is 5.70. The van der Waals surface area contributed by atoms with Crippen molar-refractivity contribution >= 4 is 23.4 Å². The van der Waals surface area contributed by atoms with Gasteiger partial charge in [-0.3, -0.25) is 0 Å². The number of nitrogens with one attached hydrogen (secondary N) is 2. The van der Waals surface area contributed by atoms with Crippen LogP contribution in [0.5, 0.6) is 0 Å². The van der Waals surface area contributed by atoms with Crippen molar-refractivity contribution in [2.45, 2.75) is 6.92 Å². The molecule has 2 aromatic carbocycles. The van der Waals surface area contributed by atoms with E-state index in [0.29, 0.717) is 16.9 Å². The minimum Gasteiger partial charge on any atom is -0.368 e. The van der Waals surface area contributed by atoms with Gasteiger partial charge in [-0.05, 0) is 48.9 Å². The Bertz CT molecular complexity index is 1040. The lowest BCUT2D eigenvalue weighted by Gasteiger charge is -2.09. The molecule has 0 bridgehead atoms. The van der Waals surface area contributed by atoms with Gasteiger partial charge in [0.2, 0.25) is 5.95 Å². The fourth-order valence-corrected chi connectivity index (χ4v) is 2.28. The Morgan fingerprint density at radius 2 is 1.74 bits per heavy atom. The number of anilines is 3. The highest BCUT2D eigenvalue weighted by Crippen LogP contribution is 2.16. The van der Waals surface area contributed by atoms with Crippen LogP contribution in [-0.4, -0.2) is 16.0 Å². The topological polar surface area (TPSA) is 92.9 Å². The summed E-state index contributed by atoms with van der Waals surface area (Å²) in [6.45, 7) is 1.89. The summed E-state index contributed by atoms with van der Waals surface area (Å²) in [5, 5.41) is 5.28. The molecular weight excluding hydrogens is 345 g/mol. The number of nitrogens with zero attached hydrogens (tertiary/aromatic N) is 2. The third kappa shape index (κ3) is 5.03. The standard InChI is InChI=1S/C20H16FN5O/c1-13-9-18(26-20(27)25-17-4-2-3-16(21)10-17)8-7-15(13)6-5-14-11-23-19(22)24-12-14/h2-4,7-12H,1H3,(H2,22,23,24)(H2,25,26,27). The van der Waals surface area contributed by atoms with Gasteiger partial charge in [-0.1, -0.05) is 17.9 Å². The van der Waals surface area contributed by atoms with Crippen LogP contribution >= 0.6 is 0 Å². The van der Waals surface area contributed by atoms with Gasteiger partial charge in [-0.2, -0.15) is 0 Å². The normalized spacial score (nSPS) is 9.85. The average Bonchev–Trinajstić information content (AvgIpc) is 2.62. The summed E-state index contributed by atoms with van der Waals surface area (Å²) < 4.78 is 13.2. The van der Waals surface area contributed by atoms with Crippen LogP contribution in [0.25, 0.3) is 0 Å². The fourth-order valence-electron chi connectivity index (χ4n) is 2.28. The second-order valence-electron chi connectivity index (χ2n) is 5.70. The summed E-state index contributed by atoms with van der Waals surface area (Å²) in [7, 11) is 0. The number of aryl methyl sites for hydroxylation is 1. The first-order valence-corrected chi connectivity index (χ1v) is 8.03. The highest BCUT2D eigenvalue weighted by atomic mass is 19.1. The maximum atomic E-state index is 13.2. The van der Waals surface area contributed by atoms with Crippen molar-refractivity contribution in [2.24, 2.45) is 0 Å². The molecule has 0 aliphatic carbocycles. The molecule has 0 atom stereocenters. The summed E-state index contributed by atoms with van der Waals surface area (Å²) >= 11 is 0. The lowest BCUT2D eigenvalue weighted by molar-refractivity contribution is 0.262. The Labute approximate surface area is 155 Å². The molecule has 0 aliphatic heterocycles. The van der Waals surface area contributed by atoms with Crippen molar-refractivity contribution < 1.29 is 9.18 Å². The number of carbonyl (C=O) groups excluding carboxylic acids is 1. The number of rotatable bonds is 2. The number of hydrogen-bond donors (Lipinski definition) is 3. The maximum Gasteiger partial charge on any atom is 0.323 e. The van der Waals surface area contributed by atoms with E-state index in [1.807, 2.05) is 6.92 Å². The Morgan fingerprint density at radius 1 is 1.04 bits per heavy atom. The minimum atomic E-state index is -0.460. The van der Waals surface area contributed by atoms with Crippen molar-refractivity contribution in [1.29, 1.82) is 0 Å². The predicted octanol–water partition coefficient (Wildman–Crippen LogP) is 3.55. The predicted molar refractivity (Wildman–Crippen MR) is 103 cm³/mol. The van der Waals surface area contributed by atoms with E-state index in [1.165, 1.54) is 18.2 Å². The minimum absolute atomic E-state index is 0.198. The number of benzene rings is 2. The molecule has 0 radical (unpaired) electrons. The van der Waals surface area contributed by atoms with Crippen LogP contribution in [0.2, 0.25) is 0 Å². The molecule has 27 heavy (non-hydrogen) atoms. The second kappa shape index (κ2) is 7.97. The first-order chi connectivity index (χ1) is 13.0. The van der Waals surface area contributed by atoms with Gasteiger partial charge in [-0.25, -0.2) is 19.2 Å². The summed E-state index contributed by atoms with van der Waals surface area (Å²) in [6.07, 6.45) is 3.11. The van der Waals surface area contributed by atoms with E-state index in [0.717, 1.165) is 11.1 Å². The van der Waals surface area contributed by atoms with Gasteiger partial charge in [0, 0.05) is 29.3 Å². The van der Waals surface area contributed by atoms with E-state index in [9.17, 15) is 9.18 Å². The van der Waals surface area contributed by atoms with Crippen LogP contribution in [0.15, 0.2) is 54.9 Å². The van der Waals surface area contributed by atoms with Crippen molar-refractivity contribution in [3.8, 4) is 11.8 Å². The molecule has 0 saturated carbocycles. The van der Waals surface area contributed by atoms with Crippen molar-refractivity contribution in [3.63, 3.8) is 0 Å². The van der Waals surface area contributed by atoms with Gasteiger partial charge in [0.1, 0.15) is 5.82 Å². The van der Waals surface area contributed by atoms with Crippen LogP contribution in [0.3, 0.4) is 0 Å². The zero-order valence-corrected chi connectivity index (χ0v) is 14.5. The smallest absolute Gasteiger partial charge is 0.323 e. The molecule has 0 saturated heterocycles. The van der Waals surface area contributed by atoms with E-state index >= 15 is 0 Å². The van der Waals surface area contributed by atoms with Crippen LogP contribution in [-0.2, 0) is 0 Å².